The summed E-state index contributed by atoms with van der Waals surface area (Å²) in [6.45, 7) is 5.31. The van der Waals surface area contributed by atoms with Crippen molar-refractivity contribution in [3.63, 3.8) is 0 Å². The van der Waals surface area contributed by atoms with E-state index < -0.39 is 0 Å². The number of rotatable bonds is 6. The summed E-state index contributed by atoms with van der Waals surface area (Å²) in [7, 11) is 0. The van der Waals surface area contributed by atoms with Crippen molar-refractivity contribution in [2.45, 2.75) is 26.5 Å². The highest BCUT2D eigenvalue weighted by atomic mass is 35.5. The van der Waals surface area contributed by atoms with Crippen LogP contribution in [0.15, 0.2) is 29.1 Å². The fourth-order valence-electron chi connectivity index (χ4n) is 1.73. The highest BCUT2D eigenvalue weighted by molar-refractivity contribution is 6.32. The summed E-state index contributed by atoms with van der Waals surface area (Å²) in [5, 5.41) is 7.57. The number of benzene rings is 1. The fourth-order valence-corrected chi connectivity index (χ4v) is 1.97. The van der Waals surface area contributed by atoms with E-state index in [9.17, 15) is 0 Å². The molecule has 0 amide bonds. The summed E-state index contributed by atoms with van der Waals surface area (Å²) >= 11 is 6.20. The Balaban J connectivity index is 2.02. The molecule has 6 heteroatoms. The van der Waals surface area contributed by atoms with Gasteiger partial charge in [-0.1, -0.05) is 29.7 Å². The standard InChI is InChI=1S/C13H16ClN3O2/c1-3-15-9(2)10-4-5-12(11(14)6-10)18-7-13-16-8-19-17-13/h4-6,8-9,15H,3,7H2,1-2H3. The summed E-state index contributed by atoms with van der Waals surface area (Å²) in [5.41, 5.74) is 1.12. The molecule has 0 saturated carbocycles. The van der Waals surface area contributed by atoms with E-state index in [0.717, 1.165) is 12.1 Å². The van der Waals surface area contributed by atoms with E-state index >= 15 is 0 Å². The van der Waals surface area contributed by atoms with Gasteiger partial charge in [-0.05, 0) is 31.2 Å². The first-order valence-electron chi connectivity index (χ1n) is 6.11. The molecule has 1 N–H and O–H groups in total. The molecule has 1 aromatic heterocycles. The minimum atomic E-state index is 0.234. The Hall–Kier alpha value is -1.59. The first-order valence-corrected chi connectivity index (χ1v) is 6.49. The van der Waals surface area contributed by atoms with Gasteiger partial charge in [0.1, 0.15) is 5.75 Å². The number of aromatic nitrogens is 2. The molecule has 2 rings (SSSR count). The van der Waals surface area contributed by atoms with Crippen molar-refractivity contribution in [2.75, 3.05) is 6.54 Å². The van der Waals surface area contributed by atoms with E-state index in [1.54, 1.807) is 0 Å². The van der Waals surface area contributed by atoms with Crippen molar-refractivity contribution in [3.05, 3.63) is 41.0 Å². The number of hydrogen-bond acceptors (Lipinski definition) is 5. The van der Waals surface area contributed by atoms with Gasteiger partial charge in [0, 0.05) is 6.04 Å². The lowest BCUT2D eigenvalue weighted by Gasteiger charge is -2.14. The lowest BCUT2D eigenvalue weighted by molar-refractivity contribution is 0.286. The Morgan fingerprint density at radius 2 is 2.32 bits per heavy atom. The molecule has 0 aliphatic heterocycles. The van der Waals surface area contributed by atoms with Gasteiger partial charge in [-0.15, -0.1) is 0 Å². The van der Waals surface area contributed by atoms with Gasteiger partial charge in [-0.25, -0.2) is 0 Å². The van der Waals surface area contributed by atoms with Crippen molar-refractivity contribution in [2.24, 2.45) is 0 Å². The molecule has 0 aliphatic carbocycles. The molecule has 1 atom stereocenters. The normalized spacial score (nSPS) is 12.4. The van der Waals surface area contributed by atoms with E-state index in [1.807, 2.05) is 18.2 Å². The average molecular weight is 282 g/mol. The maximum Gasteiger partial charge on any atom is 0.213 e. The van der Waals surface area contributed by atoms with Crippen molar-refractivity contribution in [1.29, 1.82) is 0 Å². The molecule has 0 saturated heterocycles. The highest BCUT2D eigenvalue weighted by Gasteiger charge is 2.09. The van der Waals surface area contributed by atoms with Crippen LogP contribution in [0.1, 0.15) is 31.3 Å². The summed E-state index contributed by atoms with van der Waals surface area (Å²) in [6, 6.07) is 6.00. The van der Waals surface area contributed by atoms with Gasteiger partial charge in [-0.2, -0.15) is 4.98 Å². The SMILES string of the molecule is CCNC(C)c1ccc(OCc2ncon2)c(Cl)c1. The predicted octanol–water partition coefficient (Wildman–Crippen LogP) is 2.97. The van der Waals surface area contributed by atoms with E-state index in [0.29, 0.717) is 16.6 Å². The molecular weight excluding hydrogens is 266 g/mol. The van der Waals surface area contributed by atoms with Gasteiger partial charge in [0.2, 0.25) is 12.2 Å². The molecule has 19 heavy (non-hydrogen) atoms. The molecule has 0 fully saturated rings. The van der Waals surface area contributed by atoms with Gasteiger partial charge in [0.05, 0.1) is 5.02 Å². The van der Waals surface area contributed by atoms with Crippen LogP contribution in [-0.2, 0) is 6.61 Å². The van der Waals surface area contributed by atoms with Crippen LogP contribution in [0.5, 0.6) is 5.75 Å². The zero-order valence-corrected chi connectivity index (χ0v) is 11.6. The van der Waals surface area contributed by atoms with Crippen LogP contribution in [0.3, 0.4) is 0 Å². The molecular formula is C13H16ClN3O2. The Morgan fingerprint density at radius 1 is 1.47 bits per heavy atom. The third kappa shape index (κ3) is 3.68. The van der Waals surface area contributed by atoms with Crippen LogP contribution in [0.4, 0.5) is 0 Å². The third-order valence-corrected chi connectivity index (χ3v) is 3.03. The Kier molecular flexibility index (Phi) is 4.76. The number of nitrogens with one attached hydrogen (secondary N) is 1. The molecule has 5 nitrogen and oxygen atoms in total. The van der Waals surface area contributed by atoms with Gasteiger partial charge < -0.3 is 14.6 Å². The van der Waals surface area contributed by atoms with Crippen LogP contribution in [0.2, 0.25) is 5.02 Å². The molecule has 0 spiro atoms. The van der Waals surface area contributed by atoms with E-state index in [1.165, 1.54) is 6.39 Å². The highest BCUT2D eigenvalue weighted by Crippen LogP contribution is 2.28. The number of hydrogen-bond donors (Lipinski definition) is 1. The van der Waals surface area contributed by atoms with Crippen LogP contribution < -0.4 is 10.1 Å². The molecule has 102 valence electrons. The van der Waals surface area contributed by atoms with Crippen molar-refractivity contribution in [1.82, 2.24) is 15.5 Å². The predicted molar refractivity (Wildman–Crippen MR) is 72.2 cm³/mol. The molecule has 0 radical (unpaired) electrons. The van der Waals surface area contributed by atoms with E-state index in [2.05, 4.69) is 33.8 Å². The van der Waals surface area contributed by atoms with Gasteiger partial charge in [0.25, 0.3) is 0 Å². The monoisotopic (exact) mass is 281 g/mol. The molecule has 1 unspecified atom stereocenters. The summed E-state index contributed by atoms with van der Waals surface area (Å²) in [6.07, 6.45) is 1.27. The van der Waals surface area contributed by atoms with Crippen molar-refractivity contribution >= 4 is 11.6 Å². The second-order valence-electron chi connectivity index (χ2n) is 4.11. The maximum absolute atomic E-state index is 6.20. The molecule has 0 aliphatic rings. The van der Waals surface area contributed by atoms with Gasteiger partial charge >= 0.3 is 0 Å². The second-order valence-corrected chi connectivity index (χ2v) is 4.51. The van der Waals surface area contributed by atoms with E-state index in [-0.39, 0.29) is 12.6 Å². The second kappa shape index (κ2) is 6.54. The number of ether oxygens (including phenoxy) is 1. The topological polar surface area (TPSA) is 60.2 Å². The van der Waals surface area contributed by atoms with Crippen molar-refractivity contribution < 1.29 is 9.26 Å². The lowest BCUT2D eigenvalue weighted by atomic mass is 10.1. The van der Waals surface area contributed by atoms with Crippen molar-refractivity contribution in [3.8, 4) is 5.75 Å². The summed E-state index contributed by atoms with van der Waals surface area (Å²) < 4.78 is 10.2. The summed E-state index contributed by atoms with van der Waals surface area (Å²) in [4.78, 5) is 3.88. The maximum atomic E-state index is 6.20. The number of nitrogens with zero attached hydrogens (tertiary/aromatic N) is 2. The first-order chi connectivity index (χ1) is 9.20. The van der Waals surface area contributed by atoms with Crippen LogP contribution in [0, 0.1) is 0 Å². The minimum Gasteiger partial charge on any atom is -0.484 e. The lowest BCUT2D eigenvalue weighted by Crippen LogP contribution is -2.17. The largest absolute Gasteiger partial charge is 0.484 e. The number of halogens is 1. The van der Waals surface area contributed by atoms with Crippen LogP contribution >= 0.6 is 11.6 Å². The third-order valence-electron chi connectivity index (χ3n) is 2.73. The molecule has 1 heterocycles. The molecule has 1 aromatic carbocycles. The minimum absolute atomic E-state index is 0.234. The Morgan fingerprint density at radius 3 is 2.95 bits per heavy atom. The Bertz CT molecular complexity index is 517. The average Bonchev–Trinajstić information content (AvgIpc) is 2.90. The Labute approximate surface area is 116 Å². The van der Waals surface area contributed by atoms with Gasteiger partial charge in [0.15, 0.2) is 6.61 Å². The zero-order valence-electron chi connectivity index (χ0n) is 10.9. The van der Waals surface area contributed by atoms with Crippen LogP contribution in [0.25, 0.3) is 0 Å². The smallest absolute Gasteiger partial charge is 0.213 e. The summed E-state index contributed by atoms with van der Waals surface area (Å²) in [5.74, 6) is 1.10. The molecule has 2 aromatic rings. The first kappa shape index (κ1) is 13.8. The zero-order chi connectivity index (χ0) is 13.7. The van der Waals surface area contributed by atoms with E-state index in [4.69, 9.17) is 16.3 Å². The van der Waals surface area contributed by atoms with Gasteiger partial charge in [-0.3, -0.25) is 0 Å². The quantitative estimate of drug-likeness (QED) is 0.882. The molecule has 0 bridgehead atoms. The fraction of sp³-hybridized carbons (Fsp3) is 0.385. The van der Waals surface area contributed by atoms with Crippen LogP contribution in [-0.4, -0.2) is 16.7 Å².